The predicted octanol–water partition coefficient (Wildman–Crippen LogP) is 3.61. The third-order valence-electron chi connectivity index (χ3n) is 5.87. The van der Waals surface area contributed by atoms with Crippen LogP contribution in [0.1, 0.15) is 56.9 Å². The highest BCUT2D eigenvalue weighted by Gasteiger charge is 2.35. The summed E-state index contributed by atoms with van der Waals surface area (Å²) in [5.41, 5.74) is 2.02. The van der Waals surface area contributed by atoms with Crippen LogP contribution < -0.4 is 4.74 Å². The highest BCUT2D eigenvalue weighted by atomic mass is 16.5. The Morgan fingerprint density at radius 3 is 2.17 bits per heavy atom. The number of nitrogens with zero attached hydrogens (tertiary/aromatic N) is 2. The molecule has 0 aliphatic carbocycles. The van der Waals surface area contributed by atoms with Crippen LogP contribution in [-0.2, 0) is 6.54 Å². The standard InChI is InChI=1S/C24H26N2O4/c1-15-10-16(2)13-25(12-15)22(27)20-11-17(8-9-21(20)30-3)14-26-23(28)18-6-4-5-7-19(18)24(26)29/h4-9,11,15-16H,10,12-14H2,1-3H3/t15-,16+. The molecule has 0 bridgehead atoms. The van der Waals surface area contributed by atoms with E-state index in [9.17, 15) is 14.4 Å². The van der Waals surface area contributed by atoms with Crippen molar-refractivity contribution in [1.82, 2.24) is 9.80 Å². The van der Waals surface area contributed by atoms with Crippen LogP contribution >= 0.6 is 0 Å². The first-order valence-electron chi connectivity index (χ1n) is 10.3. The van der Waals surface area contributed by atoms with E-state index in [1.54, 1.807) is 42.5 Å². The van der Waals surface area contributed by atoms with Crippen molar-refractivity contribution in [3.8, 4) is 5.75 Å². The molecule has 0 aromatic heterocycles. The smallest absolute Gasteiger partial charge is 0.261 e. The van der Waals surface area contributed by atoms with Crippen molar-refractivity contribution in [2.24, 2.45) is 11.8 Å². The van der Waals surface area contributed by atoms with Crippen LogP contribution in [0.15, 0.2) is 42.5 Å². The Morgan fingerprint density at radius 1 is 1.00 bits per heavy atom. The third-order valence-corrected chi connectivity index (χ3v) is 5.87. The molecule has 2 heterocycles. The normalized spacial score (nSPS) is 21.0. The molecule has 156 valence electrons. The van der Waals surface area contributed by atoms with E-state index >= 15 is 0 Å². The van der Waals surface area contributed by atoms with Gasteiger partial charge in [0.05, 0.1) is 30.3 Å². The summed E-state index contributed by atoms with van der Waals surface area (Å²) in [5.74, 6) is 0.706. The number of hydrogen-bond donors (Lipinski definition) is 0. The number of carbonyl (C=O) groups excluding carboxylic acids is 3. The minimum Gasteiger partial charge on any atom is -0.496 e. The number of imide groups is 1. The number of likely N-dealkylation sites (tertiary alicyclic amines) is 1. The van der Waals surface area contributed by atoms with Gasteiger partial charge in [-0.1, -0.05) is 32.0 Å². The highest BCUT2D eigenvalue weighted by Crippen LogP contribution is 2.29. The van der Waals surface area contributed by atoms with Crippen molar-refractivity contribution >= 4 is 17.7 Å². The number of piperidine rings is 1. The van der Waals surface area contributed by atoms with Gasteiger partial charge in [0.1, 0.15) is 5.75 Å². The Kier molecular flexibility index (Phi) is 5.33. The van der Waals surface area contributed by atoms with Crippen LogP contribution in [0.2, 0.25) is 0 Å². The number of hydrogen-bond acceptors (Lipinski definition) is 4. The Balaban J connectivity index is 1.60. The molecule has 0 saturated carbocycles. The molecular formula is C24H26N2O4. The number of benzene rings is 2. The number of rotatable bonds is 4. The first-order valence-corrected chi connectivity index (χ1v) is 10.3. The van der Waals surface area contributed by atoms with Gasteiger partial charge < -0.3 is 9.64 Å². The van der Waals surface area contributed by atoms with Gasteiger partial charge in [-0.2, -0.15) is 0 Å². The van der Waals surface area contributed by atoms with E-state index in [1.165, 1.54) is 12.0 Å². The van der Waals surface area contributed by atoms with E-state index in [-0.39, 0.29) is 24.3 Å². The summed E-state index contributed by atoms with van der Waals surface area (Å²) < 4.78 is 5.43. The molecule has 2 aromatic rings. The fraction of sp³-hybridized carbons (Fsp3) is 0.375. The Bertz CT molecular complexity index is 971. The van der Waals surface area contributed by atoms with Gasteiger partial charge in [0, 0.05) is 13.1 Å². The van der Waals surface area contributed by atoms with E-state index in [1.807, 2.05) is 4.90 Å². The quantitative estimate of drug-likeness (QED) is 0.728. The third kappa shape index (κ3) is 3.58. The number of methoxy groups -OCH3 is 1. The molecule has 1 fully saturated rings. The number of carbonyl (C=O) groups is 3. The van der Waals surface area contributed by atoms with Crippen LogP contribution in [0.3, 0.4) is 0 Å². The average Bonchev–Trinajstić information content (AvgIpc) is 2.97. The van der Waals surface area contributed by atoms with Crippen molar-refractivity contribution in [1.29, 1.82) is 0 Å². The number of fused-ring (bicyclic) bond motifs is 1. The number of amides is 3. The van der Waals surface area contributed by atoms with Crippen molar-refractivity contribution < 1.29 is 19.1 Å². The van der Waals surface area contributed by atoms with E-state index in [2.05, 4.69) is 13.8 Å². The van der Waals surface area contributed by atoms with Gasteiger partial charge in [0.15, 0.2) is 0 Å². The summed E-state index contributed by atoms with van der Waals surface area (Å²) in [5, 5.41) is 0. The lowest BCUT2D eigenvalue weighted by molar-refractivity contribution is 0.0619. The molecule has 0 unspecified atom stereocenters. The van der Waals surface area contributed by atoms with Gasteiger partial charge in [-0.15, -0.1) is 0 Å². The maximum atomic E-state index is 13.3. The molecule has 0 N–H and O–H groups in total. The van der Waals surface area contributed by atoms with E-state index in [0.29, 0.717) is 39.8 Å². The lowest BCUT2D eigenvalue weighted by Crippen LogP contribution is -2.42. The highest BCUT2D eigenvalue weighted by molar-refractivity contribution is 6.21. The van der Waals surface area contributed by atoms with Gasteiger partial charge in [-0.05, 0) is 48.1 Å². The topological polar surface area (TPSA) is 66.9 Å². The Hall–Kier alpha value is -3.15. The fourth-order valence-electron chi connectivity index (χ4n) is 4.59. The van der Waals surface area contributed by atoms with E-state index in [4.69, 9.17) is 4.74 Å². The second-order valence-corrected chi connectivity index (χ2v) is 8.43. The maximum absolute atomic E-state index is 13.3. The molecule has 2 aromatic carbocycles. The Morgan fingerprint density at radius 2 is 1.60 bits per heavy atom. The summed E-state index contributed by atoms with van der Waals surface area (Å²) in [6.07, 6.45) is 1.11. The summed E-state index contributed by atoms with van der Waals surface area (Å²) in [6.45, 7) is 5.87. The number of ether oxygens (including phenoxy) is 1. The van der Waals surface area contributed by atoms with Gasteiger partial charge in [0.2, 0.25) is 0 Å². The minimum atomic E-state index is -0.307. The monoisotopic (exact) mass is 406 g/mol. The van der Waals surface area contributed by atoms with Crippen LogP contribution in [0, 0.1) is 11.8 Å². The van der Waals surface area contributed by atoms with Crippen molar-refractivity contribution in [3.05, 3.63) is 64.7 Å². The summed E-state index contributed by atoms with van der Waals surface area (Å²) in [7, 11) is 1.54. The largest absolute Gasteiger partial charge is 0.496 e. The summed E-state index contributed by atoms with van der Waals surface area (Å²) in [6, 6.07) is 12.1. The molecule has 6 nitrogen and oxygen atoms in total. The molecule has 2 atom stereocenters. The molecule has 0 radical (unpaired) electrons. The van der Waals surface area contributed by atoms with Crippen molar-refractivity contribution in [2.45, 2.75) is 26.8 Å². The van der Waals surface area contributed by atoms with Gasteiger partial charge in [-0.3, -0.25) is 19.3 Å². The maximum Gasteiger partial charge on any atom is 0.261 e. The minimum absolute atomic E-state index is 0.0746. The van der Waals surface area contributed by atoms with Crippen LogP contribution in [-0.4, -0.2) is 47.7 Å². The molecule has 1 saturated heterocycles. The second-order valence-electron chi connectivity index (χ2n) is 8.43. The van der Waals surface area contributed by atoms with Crippen LogP contribution in [0.25, 0.3) is 0 Å². The summed E-state index contributed by atoms with van der Waals surface area (Å²) >= 11 is 0. The molecule has 4 rings (SSSR count). The van der Waals surface area contributed by atoms with Crippen LogP contribution in [0.4, 0.5) is 0 Å². The Labute approximate surface area is 176 Å². The summed E-state index contributed by atoms with van der Waals surface area (Å²) in [4.78, 5) is 41.7. The van der Waals surface area contributed by atoms with Gasteiger partial charge >= 0.3 is 0 Å². The molecule has 6 heteroatoms. The first-order chi connectivity index (χ1) is 14.4. The van der Waals surface area contributed by atoms with Crippen molar-refractivity contribution in [3.63, 3.8) is 0 Å². The predicted molar refractivity (Wildman–Crippen MR) is 112 cm³/mol. The second kappa shape index (κ2) is 7.94. The zero-order chi connectivity index (χ0) is 21.4. The molecular weight excluding hydrogens is 380 g/mol. The molecule has 2 aliphatic heterocycles. The van der Waals surface area contributed by atoms with Gasteiger partial charge in [-0.25, -0.2) is 0 Å². The van der Waals surface area contributed by atoms with Crippen molar-refractivity contribution in [2.75, 3.05) is 20.2 Å². The SMILES string of the molecule is COc1ccc(CN2C(=O)c3ccccc3C2=O)cc1C(=O)N1C[C@H](C)C[C@H](C)C1. The fourth-order valence-corrected chi connectivity index (χ4v) is 4.59. The zero-order valence-electron chi connectivity index (χ0n) is 17.6. The van der Waals surface area contributed by atoms with E-state index < -0.39 is 0 Å². The zero-order valence-corrected chi connectivity index (χ0v) is 17.6. The molecule has 3 amide bonds. The lowest BCUT2D eigenvalue weighted by Gasteiger charge is -2.35. The first kappa shape index (κ1) is 20.1. The molecule has 30 heavy (non-hydrogen) atoms. The van der Waals surface area contributed by atoms with Crippen LogP contribution in [0.5, 0.6) is 5.75 Å². The van der Waals surface area contributed by atoms with E-state index in [0.717, 1.165) is 19.5 Å². The lowest BCUT2D eigenvalue weighted by atomic mass is 9.91. The molecule has 0 spiro atoms. The molecule has 2 aliphatic rings. The van der Waals surface area contributed by atoms with Gasteiger partial charge in [0.25, 0.3) is 17.7 Å². The average molecular weight is 406 g/mol.